The molecule has 1 rings (SSSR count). The summed E-state index contributed by atoms with van der Waals surface area (Å²) in [5, 5.41) is 3.42. The van der Waals surface area contributed by atoms with Crippen LogP contribution in [0.25, 0.3) is 0 Å². The highest BCUT2D eigenvalue weighted by atomic mass is 15.2. The van der Waals surface area contributed by atoms with Crippen LogP contribution in [0.3, 0.4) is 0 Å². The molecule has 0 amide bonds. The number of hydrogen-bond acceptors (Lipinski definition) is 3. The van der Waals surface area contributed by atoms with Crippen molar-refractivity contribution in [1.29, 1.82) is 0 Å². The summed E-state index contributed by atoms with van der Waals surface area (Å²) in [5.74, 6) is 1.10. The van der Waals surface area contributed by atoms with Gasteiger partial charge in [-0.05, 0) is 44.0 Å². The van der Waals surface area contributed by atoms with E-state index in [4.69, 9.17) is 0 Å². The fraction of sp³-hybridized carbons (Fsp3) is 0.643. The molecule has 17 heavy (non-hydrogen) atoms. The Morgan fingerprint density at radius 3 is 2.71 bits per heavy atom. The second-order valence-electron chi connectivity index (χ2n) is 4.28. The zero-order valence-corrected chi connectivity index (χ0v) is 11.4. The lowest BCUT2D eigenvalue weighted by atomic mass is 10.2. The zero-order chi connectivity index (χ0) is 12.5. The van der Waals surface area contributed by atoms with Gasteiger partial charge in [0.05, 0.1) is 0 Å². The average molecular weight is 235 g/mol. The highest BCUT2D eigenvalue weighted by molar-refractivity contribution is 5.40. The van der Waals surface area contributed by atoms with Gasteiger partial charge in [-0.15, -0.1) is 0 Å². The molecule has 1 N–H and O–H groups in total. The van der Waals surface area contributed by atoms with Crippen molar-refractivity contribution >= 4 is 5.82 Å². The first-order chi connectivity index (χ1) is 8.31. The number of pyridine rings is 1. The van der Waals surface area contributed by atoms with Crippen molar-refractivity contribution in [2.75, 3.05) is 24.5 Å². The molecule has 0 unspecified atom stereocenters. The molecule has 0 aliphatic carbocycles. The Kier molecular flexibility index (Phi) is 6.63. The molecule has 0 saturated heterocycles. The van der Waals surface area contributed by atoms with Crippen molar-refractivity contribution in [2.45, 2.75) is 40.2 Å². The molecule has 0 fully saturated rings. The smallest absolute Gasteiger partial charge is 0.128 e. The lowest BCUT2D eigenvalue weighted by Gasteiger charge is -2.21. The third-order valence-electron chi connectivity index (χ3n) is 2.77. The van der Waals surface area contributed by atoms with E-state index in [0.29, 0.717) is 0 Å². The maximum absolute atomic E-state index is 4.46. The Morgan fingerprint density at radius 2 is 2.06 bits per heavy atom. The molecule has 3 heteroatoms. The topological polar surface area (TPSA) is 28.2 Å². The Hall–Kier alpha value is -1.09. The molecule has 0 spiro atoms. The van der Waals surface area contributed by atoms with Crippen LogP contribution in [0.5, 0.6) is 0 Å². The monoisotopic (exact) mass is 235 g/mol. The molecule has 1 heterocycles. The molecule has 0 atom stereocenters. The van der Waals surface area contributed by atoms with Gasteiger partial charge < -0.3 is 10.2 Å². The van der Waals surface area contributed by atoms with Crippen LogP contribution in [-0.2, 0) is 6.54 Å². The largest absolute Gasteiger partial charge is 0.357 e. The molecule has 0 bridgehead atoms. The molecule has 1 aromatic rings. The predicted molar refractivity (Wildman–Crippen MR) is 74.4 cm³/mol. The number of nitrogens with one attached hydrogen (secondary N) is 1. The van der Waals surface area contributed by atoms with Gasteiger partial charge in [-0.25, -0.2) is 4.98 Å². The van der Waals surface area contributed by atoms with Crippen LogP contribution in [0.1, 0.15) is 39.2 Å². The highest BCUT2D eigenvalue weighted by Gasteiger charge is 2.04. The van der Waals surface area contributed by atoms with Gasteiger partial charge in [0.1, 0.15) is 5.82 Å². The van der Waals surface area contributed by atoms with E-state index >= 15 is 0 Å². The first kappa shape index (κ1) is 14.0. The van der Waals surface area contributed by atoms with Gasteiger partial charge in [0.15, 0.2) is 0 Å². The quantitative estimate of drug-likeness (QED) is 0.702. The van der Waals surface area contributed by atoms with Crippen molar-refractivity contribution in [2.24, 2.45) is 0 Å². The van der Waals surface area contributed by atoms with Crippen molar-refractivity contribution in [3.63, 3.8) is 0 Å². The molecule has 1 aromatic heterocycles. The van der Waals surface area contributed by atoms with Gasteiger partial charge in [-0.3, -0.25) is 0 Å². The fourth-order valence-corrected chi connectivity index (χ4v) is 1.86. The van der Waals surface area contributed by atoms with E-state index in [-0.39, 0.29) is 0 Å². The highest BCUT2D eigenvalue weighted by Crippen LogP contribution is 2.12. The van der Waals surface area contributed by atoms with E-state index in [1.54, 1.807) is 0 Å². The van der Waals surface area contributed by atoms with Gasteiger partial charge >= 0.3 is 0 Å². The van der Waals surface area contributed by atoms with Crippen LogP contribution in [-0.4, -0.2) is 24.6 Å². The third kappa shape index (κ3) is 4.73. The standard InChI is InChI=1S/C14H25N3/c1-4-8-15-12-13-7-9-16-14(11-13)17(6-3)10-5-2/h7,9,11,15H,4-6,8,10,12H2,1-3H3. The van der Waals surface area contributed by atoms with Crippen molar-refractivity contribution in [3.05, 3.63) is 23.9 Å². The van der Waals surface area contributed by atoms with E-state index in [1.807, 2.05) is 6.20 Å². The van der Waals surface area contributed by atoms with E-state index in [1.165, 1.54) is 12.0 Å². The Balaban J connectivity index is 2.63. The first-order valence-electron chi connectivity index (χ1n) is 6.72. The molecule has 0 aliphatic rings. The summed E-state index contributed by atoms with van der Waals surface area (Å²) in [6, 6.07) is 4.29. The fourth-order valence-electron chi connectivity index (χ4n) is 1.86. The maximum atomic E-state index is 4.46. The molecule has 3 nitrogen and oxygen atoms in total. The molecule has 0 aliphatic heterocycles. The van der Waals surface area contributed by atoms with E-state index in [2.05, 4.69) is 48.1 Å². The molecular weight excluding hydrogens is 210 g/mol. The summed E-state index contributed by atoms with van der Waals surface area (Å²) >= 11 is 0. The molecule has 96 valence electrons. The minimum Gasteiger partial charge on any atom is -0.357 e. The first-order valence-corrected chi connectivity index (χ1v) is 6.72. The summed E-state index contributed by atoms with van der Waals surface area (Å²) in [7, 11) is 0. The predicted octanol–water partition coefficient (Wildman–Crippen LogP) is 2.82. The van der Waals surface area contributed by atoms with Crippen molar-refractivity contribution < 1.29 is 0 Å². The SMILES string of the molecule is CCCNCc1ccnc(N(CC)CCC)c1. The van der Waals surface area contributed by atoms with Gasteiger partial charge in [-0.2, -0.15) is 0 Å². The third-order valence-corrected chi connectivity index (χ3v) is 2.77. The van der Waals surface area contributed by atoms with Crippen LogP contribution in [0.15, 0.2) is 18.3 Å². The van der Waals surface area contributed by atoms with Crippen LogP contribution in [0, 0.1) is 0 Å². The average Bonchev–Trinajstić information content (AvgIpc) is 2.36. The summed E-state index contributed by atoms with van der Waals surface area (Å²) in [4.78, 5) is 6.78. The molecule has 0 radical (unpaired) electrons. The van der Waals surface area contributed by atoms with Crippen LogP contribution in [0.2, 0.25) is 0 Å². The van der Waals surface area contributed by atoms with E-state index in [9.17, 15) is 0 Å². The number of aromatic nitrogens is 1. The van der Waals surface area contributed by atoms with Crippen LogP contribution >= 0.6 is 0 Å². The second-order valence-corrected chi connectivity index (χ2v) is 4.28. The zero-order valence-electron chi connectivity index (χ0n) is 11.4. The summed E-state index contributed by atoms with van der Waals surface area (Å²) < 4.78 is 0. The normalized spacial score (nSPS) is 10.5. The lowest BCUT2D eigenvalue weighted by Crippen LogP contribution is -2.24. The Morgan fingerprint density at radius 1 is 1.24 bits per heavy atom. The van der Waals surface area contributed by atoms with Crippen LogP contribution < -0.4 is 10.2 Å². The summed E-state index contributed by atoms with van der Waals surface area (Å²) in [5.41, 5.74) is 1.32. The molecule has 0 aromatic carbocycles. The number of hydrogen-bond donors (Lipinski definition) is 1. The van der Waals surface area contributed by atoms with Crippen molar-refractivity contribution in [1.82, 2.24) is 10.3 Å². The summed E-state index contributed by atoms with van der Waals surface area (Å²) in [6.07, 6.45) is 4.25. The van der Waals surface area contributed by atoms with E-state index < -0.39 is 0 Å². The summed E-state index contributed by atoms with van der Waals surface area (Å²) in [6.45, 7) is 10.7. The molecular formula is C14H25N3. The van der Waals surface area contributed by atoms with Gasteiger partial charge in [-0.1, -0.05) is 13.8 Å². The van der Waals surface area contributed by atoms with Crippen LogP contribution in [0.4, 0.5) is 5.82 Å². The van der Waals surface area contributed by atoms with E-state index in [0.717, 1.165) is 38.4 Å². The lowest BCUT2D eigenvalue weighted by molar-refractivity contribution is 0.674. The Labute approximate surface area is 105 Å². The van der Waals surface area contributed by atoms with Gasteiger partial charge in [0.2, 0.25) is 0 Å². The van der Waals surface area contributed by atoms with Crippen molar-refractivity contribution in [3.8, 4) is 0 Å². The number of anilines is 1. The Bertz CT molecular complexity index is 312. The van der Waals surface area contributed by atoms with Gasteiger partial charge in [0.25, 0.3) is 0 Å². The maximum Gasteiger partial charge on any atom is 0.128 e. The minimum absolute atomic E-state index is 0.938. The minimum atomic E-state index is 0.938. The number of rotatable bonds is 8. The molecule has 0 saturated carbocycles. The van der Waals surface area contributed by atoms with Gasteiger partial charge in [0, 0.05) is 25.8 Å². The number of nitrogens with zero attached hydrogens (tertiary/aromatic N) is 2. The second kappa shape index (κ2) is 8.07.